The van der Waals surface area contributed by atoms with Crippen LogP contribution in [0.1, 0.15) is 18.5 Å². The second kappa shape index (κ2) is 11.3. The zero-order valence-corrected chi connectivity index (χ0v) is 26.7. The maximum atomic E-state index is 14.2. The summed E-state index contributed by atoms with van der Waals surface area (Å²) in [6.45, 7) is 1.87. The second-order valence-corrected chi connectivity index (χ2v) is 17.6. The Morgan fingerprint density at radius 1 is 0.976 bits per heavy atom. The molecular weight excluding hydrogens is 639 g/mol. The standard InChI is InChI=1S/C23H31N3O12S4/c1-7-38-19-13-15(10-11-18(19)37-2)17(14-39(3,29)30)25-21(27)16-9-8-12-23(20(16)22(25)28,24-40(4,31)32)26(41(5,33)34)42(6,35)36/h8-13,17,20,24H,7,14H2,1-6H3. The van der Waals surface area contributed by atoms with Gasteiger partial charge in [-0.05, 0) is 30.7 Å². The summed E-state index contributed by atoms with van der Waals surface area (Å²) in [6, 6.07) is 2.68. The smallest absolute Gasteiger partial charge is 0.257 e. The Hall–Kier alpha value is -2.84. The number of ether oxygens (including phenoxy) is 2. The molecule has 0 saturated carbocycles. The number of methoxy groups -OCH3 is 1. The lowest BCUT2D eigenvalue weighted by molar-refractivity contribution is -0.142. The van der Waals surface area contributed by atoms with Crippen LogP contribution in [-0.4, -0.2) is 104 Å². The molecule has 1 aliphatic carbocycles. The molecule has 3 atom stereocenters. The van der Waals surface area contributed by atoms with Crippen molar-refractivity contribution in [3.05, 3.63) is 47.6 Å². The highest BCUT2D eigenvalue weighted by molar-refractivity contribution is 8.03. The van der Waals surface area contributed by atoms with Crippen molar-refractivity contribution in [1.29, 1.82) is 0 Å². The Bertz CT molecular complexity index is 1770. The normalized spacial score (nSPS) is 22.2. The third-order valence-corrected chi connectivity index (χ3v) is 11.3. The largest absolute Gasteiger partial charge is 0.493 e. The highest BCUT2D eigenvalue weighted by Gasteiger charge is 2.63. The minimum absolute atomic E-state index is 0.114. The molecule has 42 heavy (non-hydrogen) atoms. The highest BCUT2D eigenvalue weighted by atomic mass is 32.3. The second-order valence-electron chi connectivity index (χ2n) is 9.80. The molecule has 3 rings (SSSR count). The van der Waals surface area contributed by atoms with E-state index in [1.165, 1.54) is 25.3 Å². The molecule has 1 saturated heterocycles. The molecule has 0 spiro atoms. The van der Waals surface area contributed by atoms with Gasteiger partial charge in [-0.25, -0.2) is 33.7 Å². The topological polar surface area (TPSA) is 208 Å². The van der Waals surface area contributed by atoms with E-state index in [1.807, 2.05) is 4.72 Å². The van der Waals surface area contributed by atoms with Gasteiger partial charge in [0.15, 0.2) is 11.5 Å². The average molecular weight is 670 g/mol. The molecule has 0 bridgehead atoms. The molecular formula is C23H31N3O12S4. The van der Waals surface area contributed by atoms with Crippen molar-refractivity contribution in [3.63, 3.8) is 0 Å². The van der Waals surface area contributed by atoms with Crippen molar-refractivity contribution in [1.82, 2.24) is 13.3 Å². The van der Waals surface area contributed by atoms with Gasteiger partial charge in [0.05, 0.1) is 44.3 Å². The number of nitrogens with one attached hydrogen (secondary N) is 1. The van der Waals surface area contributed by atoms with Crippen LogP contribution in [0.2, 0.25) is 0 Å². The fourth-order valence-electron chi connectivity index (χ4n) is 5.08. The Balaban J connectivity index is 2.34. The Morgan fingerprint density at radius 2 is 1.57 bits per heavy atom. The minimum Gasteiger partial charge on any atom is -0.493 e. The van der Waals surface area contributed by atoms with Crippen LogP contribution >= 0.6 is 0 Å². The van der Waals surface area contributed by atoms with Crippen LogP contribution < -0.4 is 14.2 Å². The Kier molecular flexibility index (Phi) is 9.09. The SMILES string of the molecule is CCOc1cc(C(CS(C)(=O)=O)N2C(=O)C3=CC=CC(NS(C)(=O)=O)(N(S(C)(=O)=O)S(C)(=O)=O)C3C2=O)ccc1OC. The van der Waals surface area contributed by atoms with Crippen molar-refractivity contribution in [2.24, 2.45) is 5.92 Å². The first kappa shape index (κ1) is 33.7. The van der Waals surface area contributed by atoms with Crippen LogP contribution in [0.3, 0.4) is 0 Å². The number of imide groups is 1. The number of likely N-dealkylation sites (tertiary alicyclic amines) is 1. The number of nitrogens with zero attached hydrogens (tertiary/aromatic N) is 2. The first-order valence-electron chi connectivity index (χ1n) is 12.0. The van der Waals surface area contributed by atoms with Gasteiger partial charge < -0.3 is 9.47 Å². The number of benzene rings is 1. The third kappa shape index (κ3) is 6.70. The average Bonchev–Trinajstić information content (AvgIpc) is 3.05. The van der Waals surface area contributed by atoms with Gasteiger partial charge in [-0.15, -0.1) is 0 Å². The van der Waals surface area contributed by atoms with Gasteiger partial charge in [0.2, 0.25) is 36.0 Å². The fourth-order valence-corrected chi connectivity index (χ4v) is 10.5. The minimum atomic E-state index is -4.84. The van der Waals surface area contributed by atoms with Crippen LogP contribution in [0, 0.1) is 5.92 Å². The maximum absolute atomic E-state index is 14.2. The fraction of sp³-hybridized carbons (Fsp3) is 0.478. The number of allylic oxidation sites excluding steroid dienone is 2. The summed E-state index contributed by atoms with van der Waals surface area (Å²) < 4.78 is 114. The number of amides is 2. The van der Waals surface area contributed by atoms with E-state index in [-0.39, 0.29) is 27.4 Å². The number of rotatable bonds is 12. The molecule has 234 valence electrons. The molecule has 2 amide bonds. The first-order chi connectivity index (χ1) is 19.1. The lowest BCUT2D eigenvalue weighted by Gasteiger charge is -2.42. The highest BCUT2D eigenvalue weighted by Crippen LogP contribution is 2.45. The van der Waals surface area contributed by atoms with Gasteiger partial charge in [0.25, 0.3) is 5.91 Å². The summed E-state index contributed by atoms with van der Waals surface area (Å²) in [6.07, 6.45) is 5.44. The van der Waals surface area contributed by atoms with E-state index in [2.05, 4.69) is 0 Å². The molecule has 1 fully saturated rings. The lowest BCUT2D eigenvalue weighted by atomic mass is 9.84. The summed E-state index contributed by atoms with van der Waals surface area (Å²) in [5.74, 6) is -4.73. The van der Waals surface area contributed by atoms with Gasteiger partial charge in [-0.2, -0.15) is 4.72 Å². The van der Waals surface area contributed by atoms with E-state index in [4.69, 9.17) is 9.47 Å². The molecule has 1 heterocycles. The first-order valence-corrected chi connectivity index (χ1v) is 19.7. The van der Waals surface area contributed by atoms with Crippen LogP contribution in [0.5, 0.6) is 11.5 Å². The zero-order valence-electron chi connectivity index (χ0n) is 23.5. The molecule has 1 aromatic carbocycles. The van der Waals surface area contributed by atoms with Gasteiger partial charge in [0.1, 0.15) is 21.4 Å². The molecule has 0 radical (unpaired) electrons. The van der Waals surface area contributed by atoms with Crippen LogP contribution in [0.25, 0.3) is 0 Å². The van der Waals surface area contributed by atoms with Crippen LogP contribution in [-0.2, 0) is 49.5 Å². The van der Waals surface area contributed by atoms with E-state index in [0.717, 1.165) is 24.5 Å². The molecule has 1 aliphatic heterocycles. The van der Waals surface area contributed by atoms with E-state index in [9.17, 15) is 43.3 Å². The van der Waals surface area contributed by atoms with Crippen molar-refractivity contribution in [2.75, 3.05) is 44.5 Å². The molecule has 0 aromatic heterocycles. The number of carbonyl (C=O) groups is 2. The van der Waals surface area contributed by atoms with Gasteiger partial charge in [-0.1, -0.05) is 21.9 Å². The van der Waals surface area contributed by atoms with E-state index >= 15 is 0 Å². The van der Waals surface area contributed by atoms with Gasteiger partial charge in [-0.3, -0.25) is 14.5 Å². The maximum Gasteiger partial charge on any atom is 0.257 e. The van der Waals surface area contributed by atoms with E-state index in [0.29, 0.717) is 23.7 Å². The van der Waals surface area contributed by atoms with Gasteiger partial charge in [0, 0.05) is 11.8 Å². The number of hydrogen-bond donors (Lipinski definition) is 1. The quantitative estimate of drug-likeness (QED) is 0.213. The summed E-state index contributed by atoms with van der Waals surface area (Å²) in [7, 11) is -16.7. The molecule has 2 aliphatic rings. The lowest BCUT2D eigenvalue weighted by Crippen LogP contribution is -2.68. The number of sulfonamides is 3. The predicted molar refractivity (Wildman–Crippen MR) is 151 cm³/mol. The van der Waals surface area contributed by atoms with Crippen molar-refractivity contribution in [2.45, 2.75) is 18.6 Å². The summed E-state index contributed by atoms with van der Waals surface area (Å²) in [5, 5.41) is 0. The van der Waals surface area contributed by atoms with E-state index < -0.39 is 80.7 Å². The summed E-state index contributed by atoms with van der Waals surface area (Å²) in [5.41, 5.74) is -3.21. The molecule has 1 aromatic rings. The van der Waals surface area contributed by atoms with Crippen molar-refractivity contribution >= 4 is 51.7 Å². The Morgan fingerprint density at radius 3 is 2.05 bits per heavy atom. The molecule has 3 unspecified atom stereocenters. The zero-order chi connectivity index (χ0) is 32.1. The molecule has 1 N–H and O–H groups in total. The number of hydrogen-bond acceptors (Lipinski definition) is 12. The third-order valence-electron chi connectivity index (χ3n) is 6.23. The number of sulfone groups is 1. The summed E-state index contributed by atoms with van der Waals surface area (Å²) in [4.78, 5) is 28.5. The Labute approximate surface area is 245 Å². The molecule has 19 heteroatoms. The molecule has 15 nitrogen and oxygen atoms in total. The summed E-state index contributed by atoms with van der Waals surface area (Å²) >= 11 is 0. The van der Waals surface area contributed by atoms with Crippen LogP contribution in [0.15, 0.2) is 42.0 Å². The number of fused-ring (bicyclic) bond motifs is 1. The van der Waals surface area contributed by atoms with Crippen LogP contribution in [0.4, 0.5) is 0 Å². The van der Waals surface area contributed by atoms with Gasteiger partial charge >= 0.3 is 0 Å². The van der Waals surface area contributed by atoms with Crippen molar-refractivity contribution < 1.29 is 52.7 Å². The monoisotopic (exact) mass is 669 g/mol. The predicted octanol–water partition coefficient (Wildman–Crippen LogP) is -0.872. The van der Waals surface area contributed by atoms with E-state index in [1.54, 1.807) is 6.92 Å². The van der Waals surface area contributed by atoms with Crippen molar-refractivity contribution in [3.8, 4) is 11.5 Å². The number of carbonyl (C=O) groups excluding carboxylic acids is 2.